The molecule has 3 aromatic rings. The number of pyridine rings is 1. The predicted octanol–water partition coefficient (Wildman–Crippen LogP) is 1.89. The van der Waals surface area contributed by atoms with Gasteiger partial charge >= 0.3 is 0 Å². The summed E-state index contributed by atoms with van der Waals surface area (Å²) in [6, 6.07) is 4.83. The van der Waals surface area contributed by atoms with Crippen molar-refractivity contribution in [2.75, 3.05) is 5.75 Å². The highest BCUT2D eigenvalue weighted by Gasteiger charge is 2.17. The molecule has 0 bridgehead atoms. The van der Waals surface area contributed by atoms with Gasteiger partial charge in [-0.3, -0.25) is 4.68 Å². The second-order valence-corrected chi connectivity index (χ2v) is 8.26. The smallest absolute Gasteiger partial charge is 0.197 e. The van der Waals surface area contributed by atoms with E-state index in [-0.39, 0.29) is 17.3 Å². The van der Waals surface area contributed by atoms with E-state index in [1.54, 1.807) is 29.7 Å². The quantitative estimate of drug-likeness (QED) is 0.698. The van der Waals surface area contributed by atoms with Crippen molar-refractivity contribution < 1.29 is 8.42 Å². The molecule has 0 aliphatic heterocycles. The second-order valence-electron chi connectivity index (χ2n) is 5.00. The molecule has 0 spiro atoms. The van der Waals surface area contributed by atoms with E-state index in [4.69, 9.17) is 0 Å². The fourth-order valence-electron chi connectivity index (χ4n) is 2.13. The fraction of sp³-hybridized carbons (Fsp3) is 0.286. The van der Waals surface area contributed by atoms with Crippen molar-refractivity contribution in [1.82, 2.24) is 25.0 Å². The molecule has 0 N–H and O–H groups in total. The van der Waals surface area contributed by atoms with Crippen molar-refractivity contribution in [1.29, 1.82) is 0 Å². The lowest BCUT2D eigenvalue weighted by Gasteiger charge is -2.02. The van der Waals surface area contributed by atoms with Gasteiger partial charge in [-0.2, -0.15) is 0 Å². The fourth-order valence-corrected chi connectivity index (χ4v) is 4.14. The Morgan fingerprint density at radius 2 is 2.09 bits per heavy atom. The van der Waals surface area contributed by atoms with Crippen molar-refractivity contribution in [2.45, 2.75) is 25.4 Å². The van der Waals surface area contributed by atoms with Gasteiger partial charge in [0.05, 0.1) is 34.1 Å². The first-order chi connectivity index (χ1) is 11.0. The van der Waals surface area contributed by atoms with Crippen LogP contribution in [0.25, 0.3) is 10.6 Å². The number of rotatable bonds is 5. The summed E-state index contributed by atoms with van der Waals surface area (Å²) in [6.07, 6.45) is 3.21. The van der Waals surface area contributed by atoms with E-state index in [0.29, 0.717) is 5.69 Å². The lowest BCUT2D eigenvalue weighted by atomic mass is 10.3. The monoisotopic (exact) mass is 349 g/mol. The van der Waals surface area contributed by atoms with Gasteiger partial charge in [0, 0.05) is 6.20 Å². The summed E-state index contributed by atoms with van der Waals surface area (Å²) < 4.78 is 25.9. The average Bonchev–Trinajstić information content (AvgIpc) is 3.12. The molecule has 0 fully saturated rings. The molecule has 0 aromatic carbocycles. The summed E-state index contributed by atoms with van der Waals surface area (Å²) in [5, 5.41) is 9.15. The molecule has 3 rings (SSSR count). The molecule has 0 unspecified atom stereocenters. The Morgan fingerprint density at radius 1 is 1.26 bits per heavy atom. The van der Waals surface area contributed by atoms with E-state index in [1.165, 1.54) is 16.9 Å². The van der Waals surface area contributed by atoms with Gasteiger partial charge in [-0.1, -0.05) is 11.3 Å². The number of aryl methyl sites for hydroxylation is 3. The highest BCUT2D eigenvalue weighted by atomic mass is 32.2. The Balaban J connectivity index is 1.74. The number of aromatic nitrogens is 5. The molecule has 3 heterocycles. The topological polar surface area (TPSA) is 90.6 Å². The van der Waals surface area contributed by atoms with Gasteiger partial charge in [-0.05, 0) is 26.0 Å². The largest absolute Gasteiger partial charge is 0.251 e. The average molecular weight is 349 g/mol. The molecule has 0 saturated carbocycles. The Morgan fingerprint density at radius 3 is 2.74 bits per heavy atom. The molecule has 23 heavy (non-hydrogen) atoms. The van der Waals surface area contributed by atoms with Gasteiger partial charge in [-0.25, -0.2) is 18.4 Å². The summed E-state index contributed by atoms with van der Waals surface area (Å²) in [5.41, 5.74) is 1.61. The number of thiazole rings is 1. The van der Waals surface area contributed by atoms with Crippen LogP contribution in [-0.4, -0.2) is 39.1 Å². The highest BCUT2D eigenvalue weighted by molar-refractivity contribution is 7.91. The van der Waals surface area contributed by atoms with E-state index in [9.17, 15) is 8.42 Å². The minimum atomic E-state index is -3.43. The van der Waals surface area contributed by atoms with Gasteiger partial charge in [0.15, 0.2) is 14.9 Å². The van der Waals surface area contributed by atoms with Crippen LogP contribution in [-0.2, 0) is 16.4 Å². The zero-order chi connectivity index (χ0) is 16.4. The van der Waals surface area contributed by atoms with Crippen LogP contribution < -0.4 is 0 Å². The molecule has 7 nitrogen and oxygen atoms in total. The normalized spacial score (nSPS) is 11.7. The molecular formula is C14H15N5O2S2. The molecule has 0 atom stereocenters. The van der Waals surface area contributed by atoms with Crippen molar-refractivity contribution >= 4 is 21.2 Å². The van der Waals surface area contributed by atoms with Crippen LogP contribution in [0.2, 0.25) is 0 Å². The van der Waals surface area contributed by atoms with Gasteiger partial charge < -0.3 is 0 Å². The Hall–Kier alpha value is -2.13. The third kappa shape index (κ3) is 3.45. The van der Waals surface area contributed by atoms with Crippen LogP contribution in [0.1, 0.15) is 10.7 Å². The SMILES string of the molecule is Cc1nc(C)c(-c2cn(CCS(=O)(=O)c3ccccn3)nn2)s1. The summed E-state index contributed by atoms with van der Waals surface area (Å²) in [4.78, 5) is 9.21. The minimum absolute atomic E-state index is 0.0759. The van der Waals surface area contributed by atoms with Crippen molar-refractivity contribution in [2.24, 2.45) is 0 Å². The first-order valence-electron chi connectivity index (χ1n) is 6.94. The number of hydrogen-bond acceptors (Lipinski definition) is 7. The summed E-state index contributed by atoms with van der Waals surface area (Å²) in [5.74, 6) is -0.0759. The van der Waals surface area contributed by atoms with Crippen molar-refractivity contribution in [3.05, 3.63) is 41.3 Å². The van der Waals surface area contributed by atoms with Gasteiger partial charge in [0.25, 0.3) is 0 Å². The molecule has 3 aromatic heterocycles. The van der Waals surface area contributed by atoms with Crippen LogP contribution >= 0.6 is 11.3 Å². The molecule has 0 aliphatic carbocycles. The van der Waals surface area contributed by atoms with Crippen LogP contribution in [0.5, 0.6) is 0 Å². The third-order valence-electron chi connectivity index (χ3n) is 3.22. The molecule has 0 saturated heterocycles. The first-order valence-corrected chi connectivity index (χ1v) is 9.41. The third-order valence-corrected chi connectivity index (χ3v) is 5.91. The van der Waals surface area contributed by atoms with Crippen molar-refractivity contribution in [3.63, 3.8) is 0 Å². The lowest BCUT2D eigenvalue weighted by molar-refractivity contribution is 0.572. The minimum Gasteiger partial charge on any atom is -0.251 e. The van der Waals surface area contributed by atoms with Crippen LogP contribution in [0.15, 0.2) is 35.6 Å². The maximum atomic E-state index is 12.2. The maximum absolute atomic E-state index is 12.2. The van der Waals surface area contributed by atoms with Crippen LogP contribution in [0.3, 0.4) is 0 Å². The number of hydrogen-bond donors (Lipinski definition) is 0. The Labute approximate surface area is 138 Å². The van der Waals surface area contributed by atoms with E-state index in [1.807, 2.05) is 13.8 Å². The summed E-state index contributed by atoms with van der Waals surface area (Å²) in [7, 11) is -3.43. The first kappa shape index (κ1) is 15.8. The number of sulfone groups is 1. The van der Waals surface area contributed by atoms with E-state index in [2.05, 4.69) is 20.3 Å². The zero-order valence-electron chi connectivity index (χ0n) is 12.7. The zero-order valence-corrected chi connectivity index (χ0v) is 14.3. The Bertz CT molecular complexity index is 916. The van der Waals surface area contributed by atoms with E-state index >= 15 is 0 Å². The van der Waals surface area contributed by atoms with Gasteiger partial charge in [0.2, 0.25) is 0 Å². The lowest BCUT2D eigenvalue weighted by Crippen LogP contribution is -2.14. The predicted molar refractivity (Wildman–Crippen MR) is 86.9 cm³/mol. The summed E-state index contributed by atoms with van der Waals surface area (Å²) in [6.45, 7) is 4.08. The molecule has 0 radical (unpaired) electrons. The van der Waals surface area contributed by atoms with E-state index in [0.717, 1.165) is 15.6 Å². The van der Waals surface area contributed by atoms with Crippen LogP contribution in [0, 0.1) is 13.8 Å². The van der Waals surface area contributed by atoms with Crippen LogP contribution in [0.4, 0.5) is 0 Å². The molecule has 0 aliphatic rings. The Kier molecular flexibility index (Phi) is 4.22. The maximum Gasteiger partial charge on any atom is 0.197 e. The molecule has 120 valence electrons. The molecular weight excluding hydrogens is 334 g/mol. The molecule has 0 amide bonds. The number of nitrogens with zero attached hydrogens (tertiary/aromatic N) is 5. The molecule has 9 heteroatoms. The summed E-state index contributed by atoms with van der Waals surface area (Å²) >= 11 is 1.55. The highest BCUT2D eigenvalue weighted by Crippen LogP contribution is 2.27. The van der Waals surface area contributed by atoms with Gasteiger partial charge in [0.1, 0.15) is 5.69 Å². The standard InChI is InChI=1S/C14H15N5O2S2/c1-10-14(22-11(2)16-10)12-9-19(18-17-12)7-8-23(20,21)13-5-3-4-6-15-13/h3-6,9H,7-8H2,1-2H3. The van der Waals surface area contributed by atoms with Crippen molar-refractivity contribution in [3.8, 4) is 10.6 Å². The van der Waals surface area contributed by atoms with Gasteiger partial charge in [-0.15, -0.1) is 16.4 Å². The van der Waals surface area contributed by atoms with E-state index < -0.39 is 9.84 Å². The second kappa shape index (κ2) is 6.17.